The molecule has 0 aromatic heterocycles. The van der Waals surface area contributed by atoms with Gasteiger partial charge in [0.15, 0.2) is 6.10 Å². The van der Waals surface area contributed by atoms with Crippen LogP contribution in [0.5, 0.6) is 5.75 Å². The SMILES string of the molecule is CCc1ccccc1NC(=O)[C@H](C)Oc1cccc(C)c1. The number of hydrogen-bond donors (Lipinski definition) is 1. The van der Waals surface area contributed by atoms with Crippen molar-refractivity contribution >= 4 is 11.6 Å². The second-order valence-corrected chi connectivity index (χ2v) is 5.08. The molecule has 0 aliphatic rings. The smallest absolute Gasteiger partial charge is 0.265 e. The summed E-state index contributed by atoms with van der Waals surface area (Å²) in [5, 5.41) is 2.93. The first-order valence-corrected chi connectivity index (χ1v) is 7.22. The first-order chi connectivity index (χ1) is 10.1. The molecule has 3 nitrogen and oxygen atoms in total. The summed E-state index contributed by atoms with van der Waals surface area (Å²) >= 11 is 0. The fraction of sp³-hybridized carbons (Fsp3) is 0.278. The molecule has 0 bridgehead atoms. The van der Waals surface area contributed by atoms with Gasteiger partial charge in [0.05, 0.1) is 0 Å². The number of para-hydroxylation sites is 1. The van der Waals surface area contributed by atoms with E-state index in [1.165, 1.54) is 0 Å². The molecule has 0 saturated heterocycles. The van der Waals surface area contributed by atoms with Gasteiger partial charge in [-0.25, -0.2) is 0 Å². The molecule has 1 atom stereocenters. The Morgan fingerprint density at radius 1 is 1.19 bits per heavy atom. The van der Waals surface area contributed by atoms with Crippen molar-refractivity contribution in [1.82, 2.24) is 0 Å². The number of carbonyl (C=O) groups excluding carboxylic acids is 1. The highest BCUT2D eigenvalue weighted by molar-refractivity contribution is 5.94. The Morgan fingerprint density at radius 3 is 2.67 bits per heavy atom. The van der Waals surface area contributed by atoms with Crippen molar-refractivity contribution in [2.75, 3.05) is 5.32 Å². The van der Waals surface area contributed by atoms with Crippen LogP contribution in [-0.4, -0.2) is 12.0 Å². The summed E-state index contributed by atoms with van der Waals surface area (Å²) in [5.41, 5.74) is 3.08. The van der Waals surface area contributed by atoms with Crippen LogP contribution in [0.4, 0.5) is 5.69 Å². The van der Waals surface area contributed by atoms with Crippen LogP contribution < -0.4 is 10.1 Å². The Bertz CT molecular complexity index is 622. The number of aryl methyl sites for hydroxylation is 2. The van der Waals surface area contributed by atoms with E-state index in [4.69, 9.17) is 4.74 Å². The van der Waals surface area contributed by atoms with Crippen LogP contribution >= 0.6 is 0 Å². The van der Waals surface area contributed by atoms with Crippen molar-refractivity contribution < 1.29 is 9.53 Å². The summed E-state index contributed by atoms with van der Waals surface area (Å²) in [4.78, 5) is 12.2. The monoisotopic (exact) mass is 283 g/mol. The maximum Gasteiger partial charge on any atom is 0.265 e. The molecule has 2 aromatic rings. The van der Waals surface area contributed by atoms with E-state index >= 15 is 0 Å². The number of carbonyl (C=O) groups is 1. The molecule has 1 N–H and O–H groups in total. The maximum atomic E-state index is 12.2. The van der Waals surface area contributed by atoms with Gasteiger partial charge in [-0.3, -0.25) is 4.79 Å². The Hall–Kier alpha value is -2.29. The topological polar surface area (TPSA) is 38.3 Å². The third-order valence-corrected chi connectivity index (χ3v) is 3.33. The first-order valence-electron chi connectivity index (χ1n) is 7.22. The van der Waals surface area contributed by atoms with E-state index in [-0.39, 0.29) is 5.91 Å². The summed E-state index contributed by atoms with van der Waals surface area (Å²) in [6.45, 7) is 5.82. The molecular weight excluding hydrogens is 262 g/mol. The van der Waals surface area contributed by atoms with Crippen LogP contribution in [-0.2, 0) is 11.2 Å². The minimum absolute atomic E-state index is 0.141. The molecule has 0 spiro atoms. The number of rotatable bonds is 5. The highest BCUT2D eigenvalue weighted by Gasteiger charge is 2.15. The predicted octanol–water partition coefficient (Wildman–Crippen LogP) is 3.96. The third kappa shape index (κ3) is 4.09. The molecule has 0 radical (unpaired) electrons. The molecule has 21 heavy (non-hydrogen) atoms. The second-order valence-electron chi connectivity index (χ2n) is 5.08. The average Bonchev–Trinajstić information content (AvgIpc) is 2.47. The largest absolute Gasteiger partial charge is 0.481 e. The second kappa shape index (κ2) is 6.93. The quantitative estimate of drug-likeness (QED) is 0.902. The van der Waals surface area contributed by atoms with E-state index in [0.717, 1.165) is 23.2 Å². The Labute approximate surface area is 126 Å². The van der Waals surface area contributed by atoms with Crippen molar-refractivity contribution in [3.63, 3.8) is 0 Å². The van der Waals surface area contributed by atoms with Gasteiger partial charge < -0.3 is 10.1 Å². The number of hydrogen-bond acceptors (Lipinski definition) is 2. The predicted molar refractivity (Wildman–Crippen MR) is 85.7 cm³/mol. The normalized spacial score (nSPS) is 11.8. The van der Waals surface area contributed by atoms with Gasteiger partial charge in [-0.05, 0) is 49.6 Å². The van der Waals surface area contributed by atoms with Crippen LogP contribution in [0.2, 0.25) is 0 Å². The zero-order valence-electron chi connectivity index (χ0n) is 12.7. The molecule has 1 amide bonds. The lowest BCUT2D eigenvalue weighted by Crippen LogP contribution is -2.30. The molecule has 0 unspecified atom stereocenters. The molecule has 0 saturated carbocycles. The van der Waals surface area contributed by atoms with E-state index in [2.05, 4.69) is 12.2 Å². The molecule has 0 aliphatic heterocycles. The summed E-state index contributed by atoms with van der Waals surface area (Å²) in [6.07, 6.45) is 0.334. The summed E-state index contributed by atoms with van der Waals surface area (Å²) in [6, 6.07) is 15.5. The number of amides is 1. The molecule has 0 fully saturated rings. The van der Waals surface area contributed by atoms with E-state index < -0.39 is 6.10 Å². The Kier molecular flexibility index (Phi) is 4.99. The van der Waals surface area contributed by atoms with Crippen LogP contribution in [0.3, 0.4) is 0 Å². The summed E-state index contributed by atoms with van der Waals surface area (Å²) in [5.74, 6) is 0.568. The van der Waals surface area contributed by atoms with E-state index in [1.54, 1.807) is 6.92 Å². The summed E-state index contributed by atoms with van der Waals surface area (Å²) < 4.78 is 5.69. The highest BCUT2D eigenvalue weighted by Crippen LogP contribution is 2.18. The number of benzene rings is 2. The molecular formula is C18H21NO2. The molecule has 2 aromatic carbocycles. The molecule has 0 heterocycles. The zero-order chi connectivity index (χ0) is 15.2. The lowest BCUT2D eigenvalue weighted by atomic mass is 10.1. The van der Waals surface area contributed by atoms with Gasteiger partial charge >= 0.3 is 0 Å². The van der Waals surface area contributed by atoms with Crippen molar-refractivity contribution in [3.8, 4) is 5.75 Å². The lowest BCUT2D eigenvalue weighted by Gasteiger charge is -2.16. The fourth-order valence-corrected chi connectivity index (χ4v) is 2.13. The van der Waals surface area contributed by atoms with Gasteiger partial charge in [-0.2, -0.15) is 0 Å². The average molecular weight is 283 g/mol. The van der Waals surface area contributed by atoms with Crippen LogP contribution in [0.25, 0.3) is 0 Å². The van der Waals surface area contributed by atoms with Crippen LogP contribution in [0, 0.1) is 6.92 Å². The number of ether oxygens (including phenoxy) is 1. The lowest BCUT2D eigenvalue weighted by molar-refractivity contribution is -0.122. The number of anilines is 1. The van der Waals surface area contributed by atoms with E-state index in [0.29, 0.717) is 5.75 Å². The molecule has 110 valence electrons. The molecule has 3 heteroatoms. The zero-order valence-corrected chi connectivity index (χ0v) is 12.7. The van der Waals surface area contributed by atoms with Gasteiger partial charge in [0.25, 0.3) is 5.91 Å². The van der Waals surface area contributed by atoms with Gasteiger partial charge in [-0.1, -0.05) is 37.3 Å². The molecule has 2 rings (SSSR count). The third-order valence-electron chi connectivity index (χ3n) is 3.33. The highest BCUT2D eigenvalue weighted by atomic mass is 16.5. The van der Waals surface area contributed by atoms with Crippen molar-refractivity contribution in [1.29, 1.82) is 0 Å². The maximum absolute atomic E-state index is 12.2. The van der Waals surface area contributed by atoms with Crippen LogP contribution in [0.15, 0.2) is 48.5 Å². The fourth-order valence-electron chi connectivity index (χ4n) is 2.13. The van der Waals surface area contributed by atoms with Crippen LogP contribution in [0.1, 0.15) is 25.0 Å². The minimum atomic E-state index is -0.545. The van der Waals surface area contributed by atoms with Crippen molar-refractivity contribution in [3.05, 3.63) is 59.7 Å². The van der Waals surface area contributed by atoms with E-state index in [9.17, 15) is 4.79 Å². The van der Waals surface area contributed by atoms with E-state index in [1.807, 2.05) is 55.5 Å². The van der Waals surface area contributed by atoms with Gasteiger partial charge in [-0.15, -0.1) is 0 Å². The number of nitrogens with one attached hydrogen (secondary N) is 1. The minimum Gasteiger partial charge on any atom is -0.481 e. The van der Waals surface area contributed by atoms with Gasteiger partial charge in [0.2, 0.25) is 0 Å². The molecule has 0 aliphatic carbocycles. The standard InChI is InChI=1S/C18H21NO2/c1-4-15-9-5-6-11-17(15)19-18(20)14(3)21-16-10-7-8-13(2)12-16/h5-12,14H,4H2,1-3H3,(H,19,20)/t14-/m0/s1. The van der Waals surface area contributed by atoms with Crippen molar-refractivity contribution in [2.45, 2.75) is 33.3 Å². The first kappa shape index (κ1) is 15.1. The van der Waals surface area contributed by atoms with Gasteiger partial charge in [0.1, 0.15) is 5.75 Å². The Morgan fingerprint density at radius 2 is 1.95 bits per heavy atom. The summed E-state index contributed by atoms with van der Waals surface area (Å²) in [7, 11) is 0. The van der Waals surface area contributed by atoms with Crippen molar-refractivity contribution in [2.24, 2.45) is 0 Å². The Balaban J connectivity index is 2.02. The van der Waals surface area contributed by atoms with Gasteiger partial charge in [0, 0.05) is 5.69 Å².